The van der Waals surface area contributed by atoms with Crippen molar-refractivity contribution in [1.82, 2.24) is 14.9 Å². The number of anilines is 1. The largest absolute Gasteiger partial charge is 0.497 e. The lowest BCUT2D eigenvalue weighted by Gasteiger charge is -2.30. The second-order valence-corrected chi connectivity index (χ2v) is 8.82. The molecule has 3 heterocycles. The van der Waals surface area contributed by atoms with Crippen LogP contribution in [0.5, 0.6) is 5.75 Å². The van der Waals surface area contributed by atoms with Crippen molar-refractivity contribution in [2.24, 2.45) is 0 Å². The number of thiazole rings is 2. The van der Waals surface area contributed by atoms with Gasteiger partial charge in [0.05, 0.1) is 22.3 Å². The van der Waals surface area contributed by atoms with E-state index in [1.807, 2.05) is 18.2 Å². The zero-order chi connectivity index (χ0) is 21.8. The van der Waals surface area contributed by atoms with Crippen molar-refractivity contribution in [3.63, 3.8) is 0 Å². The molecule has 2 amide bonds. The molecule has 1 N–H and O–H groups in total. The maximum absolute atomic E-state index is 12.6. The third-order valence-electron chi connectivity index (χ3n) is 4.95. The van der Waals surface area contributed by atoms with Crippen LogP contribution in [-0.2, 0) is 4.74 Å². The SMILES string of the molecule is C#CCOC(=O)N1CCC(c2nc(C(=O)Nc3nc4ccc(OC)cc4s3)cs2)CC1. The molecule has 31 heavy (non-hydrogen) atoms. The zero-order valence-electron chi connectivity index (χ0n) is 16.8. The number of hydrogen-bond donors (Lipinski definition) is 1. The van der Waals surface area contributed by atoms with Crippen LogP contribution in [0.25, 0.3) is 10.2 Å². The Kier molecular flexibility index (Phi) is 6.34. The van der Waals surface area contributed by atoms with Gasteiger partial charge >= 0.3 is 6.09 Å². The molecule has 1 fully saturated rings. The van der Waals surface area contributed by atoms with Crippen LogP contribution in [-0.4, -0.2) is 53.7 Å². The summed E-state index contributed by atoms with van der Waals surface area (Å²) in [6.45, 7) is 1.13. The first kappa shape index (κ1) is 21.1. The molecule has 1 aliphatic heterocycles. The van der Waals surface area contributed by atoms with Crippen molar-refractivity contribution in [3.8, 4) is 18.1 Å². The predicted molar refractivity (Wildman–Crippen MR) is 120 cm³/mol. The Morgan fingerprint density at radius 3 is 2.87 bits per heavy atom. The van der Waals surface area contributed by atoms with Gasteiger partial charge in [-0.2, -0.15) is 0 Å². The molecular formula is C21H20N4O4S2. The van der Waals surface area contributed by atoms with Crippen molar-refractivity contribution in [2.45, 2.75) is 18.8 Å². The summed E-state index contributed by atoms with van der Waals surface area (Å²) in [4.78, 5) is 35.2. The summed E-state index contributed by atoms with van der Waals surface area (Å²) in [5, 5.41) is 6.00. The molecule has 8 nitrogen and oxygen atoms in total. The highest BCUT2D eigenvalue weighted by atomic mass is 32.1. The number of likely N-dealkylation sites (tertiary alicyclic amines) is 1. The fourth-order valence-electron chi connectivity index (χ4n) is 3.33. The molecule has 2 aromatic heterocycles. The molecule has 0 spiro atoms. The minimum atomic E-state index is -0.385. The maximum atomic E-state index is 12.6. The highest BCUT2D eigenvalue weighted by molar-refractivity contribution is 7.22. The van der Waals surface area contributed by atoms with Gasteiger partial charge in [0, 0.05) is 24.4 Å². The van der Waals surface area contributed by atoms with E-state index in [-0.39, 0.29) is 24.5 Å². The monoisotopic (exact) mass is 456 g/mol. The van der Waals surface area contributed by atoms with E-state index in [1.54, 1.807) is 17.4 Å². The van der Waals surface area contributed by atoms with Gasteiger partial charge in [-0.25, -0.2) is 14.8 Å². The van der Waals surface area contributed by atoms with Crippen LogP contribution in [0.4, 0.5) is 9.93 Å². The third-order valence-corrected chi connectivity index (χ3v) is 6.89. The van der Waals surface area contributed by atoms with Crippen molar-refractivity contribution < 1.29 is 19.1 Å². The molecule has 160 valence electrons. The van der Waals surface area contributed by atoms with E-state index >= 15 is 0 Å². The average molecular weight is 457 g/mol. The molecule has 0 saturated carbocycles. The zero-order valence-corrected chi connectivity index (χ0v) is 18.4. The Morgan fingerprint density at radius 1 is 1.32 bits per heavy atom. The number of nitrogens with zero attached hydrogens (tertiary/aromatic N) is 3. The summed E-state index contributed by atoms with van der Waals surface area (Å²) in [5.74, 6) is 2.95. The number of carbonyl (C=O) groups excluding carboxylic acids is 2. The van der Waals surface area contributed by atoms with Crippen LogP contribution in [0.15, 0.2) is 23.6 Å². The van der Waals surface area contributed by atoms with Crippen molar-refractivity contribution in [2.75, 3.05) is 32.1 Å². The number of rotatable bonds is 5. The molecule has 4 rings (SSSR count). The number of terminal acetylenes is 1. The summed E-state index contributed by atoms with van der Waals surface area (Å²) in [5.41, 5.74) is 1.17. The number of carbonyl (C=O) groups is 2. The first-order valence-corrected chi connectivity index (χ1v) is 11.3. The fourth-order valence-corrected chi connectivity index (χ4v) is 5.19. The number of fused-ring (bicyclic) bond motifs is 1. The number of methoxy groups -OCH3 is 1. The van der Waals surface area contributed by atoms with Crippen LogP contribution in [0.2, 0.25) is 0 Å². The minimum Gasteiger partial charge on any atom is -0.497 e. The molecule has 0 aliphatic carbocycles. The molecule has 10 heteroatoms. The number of aromatic nitrogens is 2. The van der Waals surface area contributed by atoms with E-state index in [0.717, 1.165) is 33.8 Å². The number of amides is 2. The number of benzene rings is 1. The summed E-state index contributed by atoms with van der Waals surface area (Å²) in [6, 6.07) is 5.58. The van der Waals surface area contributed by atoms with Gasteiger partial charge in [0.25, 0.3) is 5.91 Å². The van der Waals surface area contributed by atoms with Gasteiger partial charge in [0.15, 0.2) is 11.7 Å². The Hall–Kier alpha value is -3.16. The Balaban J connectivity index is 1.36. The molecule has 1 aromatic carbocycles. The Bertz CT molecular complexity index is 1140. The first-order chi connectivity index (χ1) is 15.1. The molecule has 0 atom stereocenters. The lowest BCUT2D eigenvalue weighted by molar-refractivity contribution is 0.102. The van der Waals surface area contributed by atoms with E-state index in [9.17, 15) is 9.59 Å². The van der Waals surface area contributed by atoms with Crippen molar-refractivity contribution >= 4 is 50.0 Å². The number of nitrogens with one attached hydrogen (secondary N) is 1. The average Bonchev–Trinajstić information content (AvgIpc) is 3.44. The summed E-state index contributed by atoms with van der Waals surface area (Å²) in [7, 11) is 1.61. The van der Waals surface area contributed by atoms with Gasteiger partial charge in [-0.3, -0.25) is 10.1 Å². The third kappa shape index (κ3) is 4.78. The Morgan fingerprint density at radius 2 is 2.13 bits per heavy atom. The highest BCUT2D eigenvalue weighted by Gasteiger charge is 2.27. The van der Waals surface area contributed by atoms with Crippen LogP contribution in [0.1, 0.15) is 34.3 Å². The van der Waals surface area contributed by atoms with Gasteiger partial charge in [0.1, 0.15) is 11.4 Å². The van der Waals surface area contributed by atoms with Crippen LogP contribution >= 0.6 is 22.7 Å². The van der Waals surface area contributed by atoms with Gasteiger partial charge in [-0.1, -0.05) is 17.3 Å². The summed E-state index contributed by atoms with van der Waals surface area (Å²) < 4.78 is 11.1. The molecule has 1 aliphatic rings. The van der Waals surface area contributed by atoms with Crippen molar-refractivity contribution in [1.29, 1.82) is 0 Å². The van der Waals surface area contributed by atoms with Crippen molar-refractivity contribution in [3.05, 3.63) is 34.3 Å². The van der Waals surface area contributed by atoms with Crippen LogP contribution < -0.4 is 10.1 Å². The molecule has 1 saturated heterocycles. The summed E-state index contributed by atoms with van der Waals surface area (Å²) in [6.07, 6.45) is 6.26. The maximum Gasteiger partial charge on any atom is 0.410 e. The molecule has 0 radical (unpaired) electrons. The number of ether oxygens (including phenoxy) is 2. The van der Waals surface area contributed by atoms with E-state index in [1.165, 1.54) is 22.7 Å². The van der Waals surface area contributed by atoms with E-state index in [0.29, 0.717) is 23.9 Å². The van der Waals surface area contributed by atoms with Gasteiger partial charge in [-0.05, 0) is 31.0 Å². The lowest BCUT2D eigenvalue weighted by atomic mass is 9.98. The van der Waals surface area contributed by atoms with Gasteiger partial charge < -0.3 is 14.4 Å². The Labute approximate surface area is 187 Å². The lowest BCUT2D eigenvalue weighted by Crippen LogP contribution is -2.38. The molecule has 0 unspecified atom stereocenters. The van der Waals surface area contributed by atoms with E-state index in [2.05, 4.69) is 21.2 Å². The summed E-state index contributed by atoms with van der Waals surface area (Å²) >= 11 is 2.85. The second-order valence-electron chi connectivity index (χ2n) is 6.90. The van der Waals surface area contributed by atoms with E-state index in [4.69, 9.17) is 15.9 Å². The highest BCUT2D eigenvalue weighted by Crippen LogP contribution is 2.32. The standard InChI is InChI=1S/C21H20N4O4S2/c1-3-10-29-21(27)25-8-6-13(7-9-25)19-22-16(12-30-19)18(26)24-20-23-15-5-4-14(28-2)11-17(15)31-20/h1,4-5,11-13H,6-10H2,2H3,(H,23,24,26). The molecular weight excluding hydrogens is 436 g/mol. The first-order valence-electron chi connectivity index (χ1n) is 9.64. The van der Waals surface area contributed by atoms with E-state index < -0.39 is 0 Å². The van der Waals surface area contributed by atoms with Gasteiger partial charge in [-0.15, -0.1) is 17.8 Å². The topological polar surface area (TPSA) is 93.7 Å². The molecule has 3 aromatic rings. The minimum absolute atomic E-state index is 0.0219. The fraction of sp³-hybridized carbons (Fsp3) is 0.333. The normalized spacial score (nSPS) is 14.3. The smallest absolute Gasteiger partial charge is 0.410 e. The van der Waals surface area contributed by atoms with Crippen LogP contribution in [0.3, 0.4) is 0 Å². The number of hydrogen-bond acceptors (Lipinski definition) is 8. The molecule has 0 bridgehead atoms. The second kappa shape index (κ2) is 9.32. The van der Waals surface area contributed by atoms with Gasteiger partial charge in [0.2, 0.25) is 0 Å². The number of piperidine rings is 1. The predicted octanol–water partition coefficient (Wildman–Crippen LogP) is 3.96. The quantitative estimate of drug-likeness (QED) is 0.584. The van der Waals surface area contributed by atoms with Crippen LogP contribution in [0, 0.1) is 12.3 Å².